The van der Waals surface area contributed by atoms with Gasteiger partial charge in [-0.05, 0) is 37.6 Å². The molecule has 1 aromatic heterocycles. The summed E-state index contributed by atoms with van der Waals surface area (Å²) in [4.78, 5) is 31.6. The van der Waals surface area contributed by atoms with E-state index in [9.17, 15) is 9.59 Å². The average molecular weight is 413 g/mol. The maximum Gasteiger partial charge on any atom is 0.306 e. The lowest BCUT2D eigenvalue weighted by molar-refractivity contribution is -0.147. The number of anilines is 1. The Hall–Kier alpha value is -3.00. The van der Waals surface area contributed by atoms with E-state index in [1.165, 1.54) is 0 Å². The Morgan fingerprint density at radius 1 is 1.14 bits per heavy atom. The van der Waals surface area contributed by atoms with Gasteiger partial charge in [-0.2, -0.15) is 0 Å². The average Bonchev–Trinajstić information content (AvgIpc) is 3.14. The molecule has 8 heteroatoms. The normalized spacial score (nSPS) is 10.7. The fourth-order valence-electron chi connectivity index (χ4n) is 2.64. The van der Waals surface area contributed by atoms with Crippen molar-refractivity contribution in [3.63, 3.8) is 0 Å². The van der Waals surface area contributed by atoms with Crippen molar-refractivity contribution in [1.82, 2.24) is 9.97 Å². The van der Waals surface area contributed by atoms with Crippen LogP contribution in [0.1, 0.15) is 19.8 Å². The molecule has 2 N–H and O–H groups in total. The number of benzene rings is 2. The number of nitrogens with zero attached hydrogens (tertiary/aromatic N) is 1. The monoisotopic (exact) mass is 413 g/mol. The number of carbonyl (C=O) groups is 2. The van der Waals surface area contributed by atoms with Gasteiger partial charge < -0.3 is 19.8 Å². The Balaban J connectivity index is 1.35. The van der Waals surface area contributed by atoms with Gasteiger partial charge in [-0.3, -0.25) is 9.59 Å². The maximum absolute atomic E-state index is 12.0. The number of amides is 1. The Morgan fingerprint density at radius 2 is 1.93 bits per heavy atom. The van der Waals surface area contributed by atoms with Gasteiger partial charge in [0.25, 0.3) is 5.91 Å². The first-order valence-electron chi connectivity index (χ1n) is 9.40. The van der Waals surface area contributed by atoms with E-state index >= 15 is 0 Å². The van der Waals surface area contributed by atoms with E-state index in [0.717, 1.165) is 21.9 Å². The molecule has 7 nitrogen and oxygen atoms in total. The number of rotatable bonds is 10. The van der Waals surface area contributed by atoms with Crippen LogP contribution >= 0.6 is 11.8 Å². The third-order valence-corrected chi connectivity index (χ3v) is 4.92. The van der Waals surface area contributed by atoms with Gasteiger partial charge in [0.05, 0.1) is 23.3 Å². The zero-order valence-corrected chi connectivity index (χ0v) is 17.0. The summed E-state index contributed by atoms with van der Waals surface area (Å²) in [5, 5.41) is 3.52. The van der Waals surface area contributed by atoms with E-state index in [1.807, 2.05) is 37.3 Å². The van der Waals surface area contributed by atoms with Crippen molar-refractivity contribution in [3.05, 3.63) is 48.5 Å². The molecular weight excluding hydrogens is 390 g/mol. The summed E-state index contributed by atoms with van der Waals surface area (Å²) in [6.45, 7) is 2.04. The van der Waals surface area contributed by atoms with Gasteiger partial charge in [0.15, 0.2) is 11.8 Å². The molecule has 0 aliphatic rings. The third kappa shape index (κ3) is 6.25. The first-order valence-corrected chi connectivity index (χ1v) is 10.4. The molecule has 0 saturated carbocycles. The first-order chi connectivity index (χ1) is 14.2. The smallest absolute Gasteiger partial charge is 0.306 e. The molecule has 1 heterocycles. The van der Waals surface area contributed by atoms with E-state index in [4.69, 9.17) is 9.47 Å². The van der Waals surface area contributed by atoms with Crippen molar-refractivity contribution < 1.29 is 19.1 Å². The van der Waals surface area contributed by atoms with Crippen molar-refractivity contribution in [2.75, 3.05) is 24.3 Å². The number of thioether (sulfide) groups is 1. The van der Waals surface area contributed by atoms with Crippen molar-refractivity contribution in [2.24, 2.45) is 0 Å². The molecule has 3 aromatic rings. The highest BCUT2D eigenvalue weighted by Crippen LogP contribution is 2.23. The number of aromatic nitrogens is 2. The number of carbonyl (C=O) groups excluding carboxylic acids is 2. The highest BCUT2D eigenvalue weighted by atomic mass is 32.2. The summed E-state index contributed by atoms with van der Waals surface area (Å²) in [6, 6.07) is 14.9. The number of hydrogen-bond acceptors (Lipinski definition) is 6. The summed E-state index contributed by atoms with van der Waals surface area (Å²) in [5.74, 6) is 0.506. The van der Waals surface area contributed by atoms with Crippen LogP contribution in [-0.4, -0.2) is 40.8 Å². The largest absolute Gasteiger partial charge is 0.492 e. The van der Waals surface area contributed by atoms with Crippen molar-refractivity contribution in [3.8, 4) is 5.75 Å². The molecule has 0 aliphatic heterocycles. The first kappa shape index (κ1) is 20.7. The molecule has 152 valence electrons. The molecule has 0 atom stereocenters. The number of esters is 1. The fourth-order valence-corrected chi connectivity index (χ4v) is 3.47. The molecule has 0 unspecified atom stereocenters. The summed E-state index contributed by atoms with van der Waals surface area (Å²) in [7, 11) is 0. The second-order valence-corrected chi connectivity index (χ2v) is 7.23. The lowest BCUT2D eigenvalue weighted by atomic mass is 10.3. The summed E-state index contributed by atoms with van der Waals surface area (Å²) in [6.07, 6.45) is 0.880. The number of H-pyrrole nitrogens is 1. The quantitative estimate of drug-likeness (QED) is 0.296. The molecule has 2 aromatic carbocycles. The number of ether oxygens (including phenoxy) is 2. The second-order valence-electron chi connectivity index (χ2n) is 6.15. The lowest BCUT2D eigenvalue weighted by Crippen LogP contribution is -2.21. The molecule has 0 aliphatic carbocycles. The van der Waals surface area contributed by atoms with Gasteiger partial charge >= 0.3 is 5.97 Å². The number of hydrogen-bond donors (Lipinski definition) is 2. The number of nitrogens with one attached hydrogen (secondary N) is 2. The summed E-state index contributed by atoms with van der Waals surface area (Å²) >= 11 is 1.55. The van der Waals surface area contributed by atoms with Gasteiger partial charge in [0, 0.05) is 12.2 Å². The number of aromatic amines is 1. The minimum Gasteiger partial charge on any atom is -0.492 e. The van der Waals surface area contributed by atoms with Gasteiger partial charge in [-0.1, -0.05) is 36.0 Å². The van der Waals surface area contributed by atoms with Crippen LogP contribution in [0, 0.1) is 0 Å². The van der Waals surface area contributed by atoms with Crippen LogP contribution in [0.5, 0.6) is 5.75 Å². The standard InChI is InChI=1S/C21H23N3O4S/c1-2-27-18-11-6-5-10-17(18)22-19(25)14-28-20(26)12-7-13-29-21-23-15-8-3-4-9-16(15)24-21/h3-6,8-11H,2,7,12-14H2,1H3,(H,22,25)(H,23,24). The van der Waals surface area contributed by atoms with Crippen LogP contribution in [0.15, 0.2) is 53.7 Å². The fraction of sp³-hybridized carbons (Fsp3) is 0.286. The molecule has 1 amide bonds. The molecule has 0 spiro atoms. The Kier molecular flexibility index (Phi) is 7.52. The topological polar surface area (TPSA) is 93.3 Å². The molecule has 29 heavy (non-hydrogen) atoms. The van der Waals surface area contributed by atoms with Crippen molar-refractivity contribution in [2.45, 2.75) is 24.9 Å². The molecule has 0 radical (unpaired) electrons. The van der Waals surface area contributed by atoms with E-state index in [-0.39, 0.29) is 13.0 Å². The second kappa shape index (κ2) is 10.5. The van der Waals surface area contributed by atoms with Crippen LogP contribution < -0.4 is 10.1 Å². The SMILES string of the molecule is CCOc1ccccc1NC(=O)COC(=O)CCCSc1nc2ccccc2[nH]1. The van der Waals surface area contributed by atoms with Gasteiger partial charge in [0.1, 0.15) is 5.75 Å². The molecule has 3 rings (SSSR count). The predicted molar refractivity (Wildman–Crippen MR) is 113 cm³/mol. The third-order valence-electron chi connectivity index (χ3n) is 3.96. The minimum absolute atomic E-state index is 0.246. The van der Waals surface area contributed by atoms with Crippen molar-refractivity contribution >= 4 is 40.4 Å². The van der Waals surface area contributed by atoms with Gasteiger partial charge in [-0.25, -0.2) is 4.98 Å². The van der Waals surface area contributed by atoms with Crippen LogP contribution in [0.2, 0.25) is 0 Å². The summed E-state index contributed by atoms with van der Waals surface area (Å²) < 4.78 is 10.5. The van der Waals surface area contributed by atoms with Crippen LogP contribution in [0.25, 0.3) is 11.0 Å². The Labute approximate surface area is 173 Å². The van der Waals surface area contributed by atoms with Crippen LogP contribution in [-0.2, 0) is 14.3 Å². The summed E-state index contributed by atoms with van der Waals surface area (Å²) in [5.41, 5.74) is 2.47. The lowest BCUT2D eigenvalue weighted by Gasteiger charge is -2.11. The number of para-hydroxylation sites is 4. The van der Waals surface area contributed by atoms with E-state index < -0.39 is 11.9 Å². The maximum atomic E-state index is 12.0. The zero-order valence-electron chi connectivity index (χ0n) is 16.1. The predicted octanol–water partition coefficient (Wildman–Crippen LogP) is 4.02. The van der Waals surface area contributed by atoms with E-state index in [0.29, 0.717) is 24.5 Å². The van der Waals surface area contributed by atoms with Gasteiger partial charge in [0.2, 0.25) is 0 Å². The highest BCUT2D eigenvalue weighted by molar-refractivity contribution is 7.99. The van der Waals surface area contributed by atoms with E-state index in [1.54, 1.807) is 30.0 Å². The molecule has 0 bridgehead atoms. The van der Waals surface area contributed by atoms with Gasteiger partial charge in [-0.15, -0.1) is 0 Å². The zero-order chi connectivity index (χ0) is 20.5. The van der Waals surface area contributed by atoms with Crippen LogP contribution in [0.4, 0.5) is 5.69 Å². The molecule has 0 saturated heterocycles. The van der Waals surface area contributed by atoms with Crippen LogP contribution in [0.3, 0.4) is 0 Å². The minimum atomic E-state index is -0.401. The van der Waals surface area contributed by atoms with E-state index in [2.05, 4.69) is 15.3 Å². The number of imidazole rings is 1. The number of fused-ring (bicyclic) bond motifs is 1. The highest BCUT2D eigenvalue weighted by Gasteiger charge is 2.11. The van der Waals surface area contributed by atoms with Crippen molar-refractivity contribution in [1.29, 1.82) is 0 Å². The molecule has 0 fully saturated rings. The Bertz CT molecular complexity index is 940. The molecular formula is C21H23N3O4S. The Morgan fingerprint density at radius 3 is 2.76 bits per heavy atom.